The van der Waals surface area contributed by atoms with E-state index < -0.39 is 10.0 Å². The maximum atomic E-state index is 11.8. The SMILES string of the molecule is C#CCN1CCN(S(=O)(=O)CC(=C)Cl)CC1. The molecule has 0 spiro atoms. The van der Waals surface area contributed by atoms with Crippen molar-refractivity contribution in [3.8, 4) is 12.3 Å². The summed E-state index contributed by atoms with van der Waals surface area (Å²) in [5.74, 6) is 2.36. The summed E-state index contributed by atoms with van der Waals surface area (Å²) in [5.41, 5.74) is 0. The van der Waals surface area contributed by atoms with Crippen LogP contribution in [0.4, 0.5) is 0 Å². The predicted molar refractivity (Wildman–Crippen MR) is 65.6 cm³/mol. The standard InChI is InChI=1S/C10H15ClN2O2S/c1-3-4-12-5-7-13(8-6-12)16(14,15)9-10(2)11/h1H,2,4-9H2. The summed E-state index contributed by atoms with van der Waals surface area (Å²) in [6.07, 6.45) is 5.19. The quantitative estimate of drug-likeness (QED) is 0.685. The van der Waals surface area contributed by atoms with E-state index in [-0.39, 0.29) is 10.8 Å². The van der Waals surface area contributed by atoms with Gasteiger partial charge in [-0.15, -0.1) is 6.42 Å². The molecule has 1 rings (SSSR count). The molecule has 0 amide bonds. The van der Waals surface area contributed by atoms with E-state index in [1.54, 1.807) is 0 Å². The third-order valence-electron chi connectivity index (χ3n) is 2.38. The Morgan fingerprint density at radius 2 is 1.94 bits per heavy atom. The monoisotopic (exact) mass is 262 g/mol. The van der Waals surface area contributed by atoms with E-state index in [0.29, 0.717) is 32.7 Å². The molecule has 90 valence electrons. The molecule has 0 aromatic carbocycles. The summed E-state index contributed by atoms with van der Waals surface area (Å²) in [6, 6.07) is 0. The Morgan fingerprint density at radius 1 is 1.38 bits per heavy atom. The first-order chi connectivity index (χ1) is 7.45. The Hall–Kier alpha value is -0.540. The van der Waals surface area contributed by atoms with E-state index in [4.69, 9.17) is 18.0 Å². The van der Waals surface area contributed by atoms with Gasteiger partial charge in [-0.25, -0.2) is 8.42 Å². The first kappa shape index (κ1) is 13.5. The highest BCUT2D eigenvalue weighted by Gasteiger charge is 2.26. The van der Waals surface area contributed by atoms with Gasteiger partial charge in [0.2, 0.25) is 10.0 Å². The fourth-order valence-corrected chi connectivity index (χ4v) is 3.30. The molecule has 1 aliphatic heterocycles. The van der Waals surface area contributed by atoms with Crippen molar-refractivity contribution < 1.29 is 8.42 Å². The van der Waals surface area contributed by atoms with Crippen LogP contribution in [-0.4, -0.2) is 56.1 Å². The molecule has 0 saturated carbocycles. The molecule has 4 nitrogen and oxygen atoms in total. The lowest BCUT2D eigenvalue weighted by molar-refractivity contribution is 0.207. The number of sulfonamides is 1. The van der Waals surface area contributed by atoms with Crippen molar-refractivity contribution in [3.63, 3.8) is 0 Å². The van der Waals surface area contributed by atoms with Crippen LogP contribution in [0, 0.1) is 12.3 Å². The van der Waals surface area contributed by atoms with E-state index in [1.165, 1.54) is 4.31 Å². The highest BCUT2D eigenvalue weighted by atomic mass is 35.5. The number of rotatable bonds is 4. The van der Waals surface area contributed by atoms with Crippen LogP contribution in [0.5, 0.6) is 0 Å². The van der Waals surface area contributed by atoms with Gasteiger partial charge in [0, 0.05) is 31.2 Å². The normalized spacial score (nSPS) is 19.2. The van der Waals surface area contributed by atoms with E-state index in [0.717, 1.165) is 0 Å². The van der Waals surface area contributed by atoms with Gasteiger partial charge in [-0.05, 0) is 0 Å². The fourth-order valence-electron chi connectivity index (χ4n) is 1.58. The summed E-state index contributed by atoms with van der Waals surface area (Å²) < 4.78 is 25.0. The smallest absolute Gasteiger partial charge is 0.219 e. The van der Waals surface area contributed by atoms with E-state index in [9.17, 15) is 8.42 Å². The highest BCUT2D eigenvalue weighted by Crippen LogP contribution is 2.11. The molecule has 1 aliphatic rings. The average molecular weight is 263 g/mol. The molecule has 1 heterocycles. The second-order valence-corrected chi connectivity index (χ2v) is 6.16. The largest absolute Gasteiger partial charge is 0.290 e. The maximum Gasteiger partial charge on any atom is 0.219 e. The van der Waals surface area contributed by atoms with Crippen LogP contribution in [0.2, 0.25) is 0 Å². The molecule has 6 heteroatoms. The van der Waals surface area contributed by atoms with Gasteiger partial charge in [-0.3, -0.25) is 4.90 Å². The third-order valence-corrected chi connectivity index (χ3v) is 4.54. The highest BCUT2D eigenvalue weighted by molar-refractivity contribution is 7.89. The molecular weight excluding hydrogens is 248 g/mol. The van der Waals surface area contributed by atoms with Crippen molar-refractivity contribution in [2.24, 2.45) is 0 Å². The van der Waals surface area contributed by atoms with Gasteiger partial charge < -0.3 is 0 Å². The molecule has 0 aliphatic carbocycles. The van der Waals surface area contributed by atoms with Crippen LogP contribution < -0.4 is 0 Å². The molecule has 16 heavy (non-hydrogen) atoms. The van der Waals surface area contributed by atoms with Gasteiger partial charge in [-0.2, -0.15) is 4.31 Å². The van der Waals surface area contributed by atoms with Crippen LogP contribution in [-0.2, 0) is 10.0 Å². The number of nitrogens with zero attached hydrogens (tertiary/aromatic N) is 2. The topological polar surface area (TPSA) is 40.6 Å². The van der Waals surface area contributed by atoms with Crippen molar-refractivity contribution in [1.82, 2.24) is 9.21 Å². The van der Waals surface area contributed by atoms with Gasteiger partial charge >= 0.3 is 0 Å². The molecular formula is C10H15ClN2O2S. The second-order valence-electron chi connectivity index (χ2n) is 3.65. The van der Waals surface area contributed by atoms with E-state index in [1.807, 2.05) is 4.90 Å². The van der Waals surface area contributed by atoms with Gasteiger partial charge in [0.1, 0.15) is 0 Å². The molecule has 0 atom stereocenters. The Labute approximate surface area is 102 Å². The zero-order chi connectivity index (χ0) is 12.2. The minimum absolute atomic E-state index is 0.144. The minimum atomic E-state index is -3.30. The first-order valence-electron chi connectivity index (χ1n) is 4.92. The summed E-state index contributed by atoms with van der Waals surface area (Å²) in [7, 11) is -3.30. The number of hydrogen-bond donors (Lipinski definition) is 0. The fraction of sp³-hybridized carbons (Fsp3) is 0.600. The molecule has 0 aromatic rings. The molecule has 0 aromatic heterocycles. The van der Waals surface area contributed by atoms with Gasteiger partial charge in [0.05, 0.1) is 12.3 Å². The molecule has 0 unspecified atom stereocenters. The van der Waals surface area contributed by atoms with Crippen molar-refractivity contribution in [1.29, 1.82) is 0 Å². The number of halogens is 1. The van der Waals surface area contributed by atoms with Gasteiger partial charge in [0.15, 0.2) is 0 Å². The third kappa shape index (κ3) is 3.80. The van der Waals surface area contributed by atoms with Crippen LogP contribution in [0.1, 0.15) is 0 Å². The zero-order valence-electron chi connectivity index (χ0n) is 9.02. The first-order valence-corrected chi connectivity index (χ1v) is 6.91. The molecule has 0 N–H and O–H groups in total. The van der Waals surface area contributed by atoms with Crippen molar-refractivity contribution in [2.45, 2.75) is 0 Å². The molecule has 1 saturated heterocycles. The minimum Gasteiger partial charge on any atom is -0.290 e. The lowest BCUT2D eigenvalue weighted by Crippen LogP contribution is -2.49. The summed E-state index contributed by atoms with van der Waals surface area (Å²) in [4.78, 5) is 2.04. The lowest BCUT2D eigenvalue weighted by Gasteiger charge is -2.32. The average Bonchev–Trinajstić information content (AvgIpc) is 2.17. The van der Waals surface area contributed by atoms with Gasteiger partial charge in [-0.1, -0.05) is 24.1 Å². The number of terminal acetylenes is 1. The Kier molecular flexibility index (Phi) is 4.81. The molecule has 0 radical (unpaired) electrons. The van der Waals surface area contributed by atoms with Crippen LogP contribution >= 0.6 is 11.6 Å². The van der Waals surface area contributed by atoms with E-state index >= 15 is 0 Å². The molecule has 1 fully saturated rings. The van der Waals surface area contributed by atoms with E-state index in [2.05, 4.69) is 12.5 Å². The maximum absolute atomic E-state index is 11.8. The van der Waals surface area contributed by atoms with Crippen molar-refractivity contribution >= 4 is 21.6 Å². The Morgan fingerprint density at radius 3 is 2.38 bits per heavy atom. The Bertz CT molecular complexity index is 392. The predicted octanol–water partition coefficient (Wildman–Crippen LogP) is 0.320. The lowest BCUT2D eigenvalue weighted by atomic mass is 10.4. The van der Waals surface area contributed by atoms with Crippen LogP contribution in [0.3, 0.4) is 0 Å². The van der Waals surface area contributed by atoms with Crippen molar-refractivity contribution in [3.05, 3.63) is 11.6 Å². The number of piperazine rings is 1. The van der Waals surface area contributed by atoms with Crippen LogP contribution in [0.15, 0.2) is 11.6 Å². The molecule has 0 bridgehead atoms. The summed E-state index contributed by atoms with van der Waals surface area (Å²) >= 11 is 5.52. The number of hydrogen-bond acceptors (Lipinski definition) is 3. The summed E-state index contributed by atoms with van der Waals surface area (Å²) in [6.45, 7) is 6.23. The van der Waals surface area contributed by atoms with Gasteiger partial charge in [0.25, 0.3) is 0 Å². The summed E-state index contributed by atoms with van der Waals surface area (Å²) in [5, 5.41) is 0.144. The zero-order valence-corrected chi connectivity index (χ0v) is 10.6. The van der Waals surface area contributed by atoms with Crippen LogP contribution in [0.25, 0.3) is 0 Å². The van der Waals surface area contributed by atoms with Crippen molar-refractivity contribution in [2.75, 3.05) is 38.5 Å². The second kappa shape index (κ2) is 5.69. The Balaban J connectivity index is 2.54.